The van der Waals surface area contributed by atoms with Crippen LogP contribution >= 0.6 is 0 Å². The average molecular weight is 400 g/mol. The van der Waals surface area contributed by atoms with E-state index < -0.39 is 0 Å². The molecule has 3 rings (SSSR count). The Morgan fingerprint density at radius 3 is 2.38 bits per heavy atom. The Bertz CT molecular complexity index is 878. The van der Waals surface area contributed by atoms with Crippen molar-refractivity contribution in [1.29, 1.82) is 0 Å². The van der Waals surface area contributed by atoms with Gasteiger partial charge in [-0.25, -0.2) is 8.78 Å². The molecule has 0 aliphatic heterocycles. The van der Waals surface area contributed by atoms with Gasteiger partial charge in [-0.05, 0) is 97.6 Å². The second-order valence-corrected chi connectivity index (χ2v) is 8.28. The molecule has 0 spiro atoms. The second-order valence-electron chi connectivity index (χ2n) is 8.28. The number of benzene rings is 2. The summed E-state index contributed by atoms with van der Waals surface area (Å²) in [4.78, 5) is 0. The summed E-state index contributed by atoms with van der Waals surface area (Å²) in [6.45, 7) is 7.99. The van der Waals surface area contributed by atoms with E-state index in [-0.39, 0.29) is 24.3 Å². The lowest BCUT2D eigenvalue weighted by Crippen LogP contribution is -2.47. The first-order valence-corrected chi connectivity index (χ1v) is 10.4. The van der Waals surface area contributed by atoms with Gasteiger partial charge in [-0.2, -0.15) is 0 Å². The zero-order valence-corrected chi connectivity index (χ0v) is 17.7. The first-order valence-electron chi connectivity index (χ1n) is 10.4. The topological polar surface area (TPSA) is 32.3 Å². The van der Waals surface area contributed by atoms with Crippen molar-refractivity contribution in [3.05, 3.63) is 70.3 Å². The molecule has 0 radical (unpaired) electrons. The number of aliphatic hydroxyl groups excluding tert-OH is 1. The van der Waals surface area contributed by atoms with Gasteiger partial charge in [0.15, 0.2) is 0 Å². The van der Waals surface area contributed by atoms with Gasteiger partial charge in [0.2, 0.25) is 0 Å². The molecule has 156 valence electrons. The van der Waals surface area contributed by atoms with Gasteiger partial charge in [0.25, 0.3) is 0 Å². The van der Waals surface area contributed by atoms with Crippen LogP contribution < -0.4 is 5.32 Å². The highest BCUT2D eigenvalue weighted by molar-refractivity contribution is 5.92. The van der Waals surface area contributed by atoms with Crippen molar-refractivity contribution in [1.82, 2.24) is 5.32 Å². The third-order valence-electron chi connectivity index (χ3n) is 6.19. The summed E-state index contributed by atoms with van der Waals surface area (Å²) in [5.41, 5.74) is 5.67. The van der Waals surface area contributed by atoms with Crippen molar-refractivity contribution in [3.8, 4) is 0 Å². The molecule has 1 atom stereocenters. The Labute approximate surface area is 172 Å². The van der Waals surface area contributed by atoms with E-state index in [1.54, 1.807) is 18.2 Å². The van der Waals surface area contributed by atoms with E-state index in [9.17, 15) is 13.9 Å². The third kappa shape index (κ3) is 4.76. The predicted octanol–water partition coefficient (Wildman–Crippen LogP) is 5.65. The molecule has 0 amide bonds. The molecule has 0 aromatic heterocycles. The summed E-state index contributed by atoms with van der Waals surface area (Å²) in [6, 6.07) is 10.6. The minimum Gasteiger partial charge on any atom is -0.395 e. The Kier molecular flexibility index (Phi) is 6.86. The van der Waals surface area contributed by atoms with Gasteiger partial charge in [0.1, 0.15) is 11.6 Å². The van der Waals surface area contributed by atoms with Crippen molar-refractivity contribution >= 4 is 11.1 Å². The summed E-state index contributed by atoms with van der Waals surface area (Å²) in [7, 11) is 0. The molecule has 1 saturated carbocycles. The summed E-state index contributed by atoms with van der Waals surface area (Å²) in [5.74, 6) is -0.151. The molecule has 2 N–H and O–H groups in total. The molecule has 0 saturated heterocycles. The van der Waals surface area contributed by atoms with Crippen LogP contribution in [0, 0.1) is 31.4 Å². The van der Waals surface area contributed by atoms with Crippen LogP contribution in [0.3, 0.4) is 0 Å². The molecule has 0 heterocycles. The average Bonchev–Trinajstić information content (AvgIpc) is 2.67. The molecule has 2 nitrogen and oxygen atoms in total. The molecule has 1 aliphatic carbocycles. The lowest BCUT2D eigenvalue weighted by molar-refractivity contribution is 0.188. The van der Waals surface area contributed by atoms with Crippen molar-refractivity contribution in [3.63, 3.8) is 0 Å². The molecular weight excluding hydrogens is 368 g/mol. The fourth-order valence-electron chi connectivity index (χ4n) is 4.30. The molecule has 1 aliphatic rings. The van der Waals surface area contributed by atoms with Crippen LogP contribution in [-0.4, -0.2) is 23.8 Å². The minimum atomic E-state index is -0.261. The summed E-state index contributed by atoms with van der Waals surface area (Å²) >= 11 is 0. The molecule has 1 unspecified atom stereocenters. The fourth-order valence-corrected chi connectivity index (χ4v) is 4.30. The van der Waals surface area contributed by atoms with E-state index in [1.807, 2.05) is 20.8 Å². The monoisotopic (exact) mass is 399 g/mol. The normalized spacial score (nSPS) is 20.8. The Morgan fingerprint density at radius 2 is 1.79 bits per heavy atom. The summed E-state index contributed by atoms with van der Waals surface area (Å²) in [5, 5.41) is 13.0. The van der Waals surface area contributed by atoms with E-state index in [0.717, 1.165) is 47.1 Å². The number of nitrogens with one attached hydrogen (secondary N) is 1. The van der Waals surface area contributed by atoms with Gasteiger partial charge in [-0.3, -0.25) is 0 Å². The molecule has 2 aromatic carbocycles. The van der Waals surface area contributed by atoms with Gasteiger partial charge in [0, 0.05) is 12.1 Å². The Hall–Kier alpha value is -2.04. The molecule has 1 fully saturated rings. The van der Waals surface area contributed by atoms with Crippen LogP contribution in [0.4, 0.5) is 8.78 Å². The zero-order chi connectivity index (χ0) is 21.1. The predicted molar refractivity (Wildman–Crippen MR) is 116 cm³/mol. The van der Waals surface area contributed by atoms with Gasteiger partial charge in [-0.1, -0.05) is 25.1 Å². The van der Waals surface area contributed by atoms with Crippen molar-refractivity contribution < 1.29 is 13.9 Å². The Morgan fingerprint density at radius 1 is 1.14 bits per heavy atom. The van der Waals surface area contributed by atoms with Gasteiger partial charge in [0.05, 0.1) is 6.61 Å². The van der Waals surface area contributed by atoms with Gasteiger partial charge in [-0.15, -0.1) is 0 Å². The highest BCUT2D eigenvalue weighted by Crippen LogP contribution is 2.44. The fraction of sp³-hybridized carbons (Fsp3) is 0.440. The first-order chi connectivity index (χ1) is 13.8. The standard InChI is InChI=1S/C25H31F2NO/c1-5-21(14-29)28-22-12-19(13-22)25(16(3)18-6-8-20(26)9-7-18)23-10-15(2)11-24(27)17(23)4/h6-11,19,21-22,28-29H,5,12-14H2,1-4H3/b25-16+. The molecule has 29 heavy (non-hydrogen) atoms. The number of allylic oxidation sites excluding steroid dienone is 2. The van der Waals surface area contributed by atoms with Crippen LogP contribution in [-0.2, 0) is 0 Å². The maximum Gasteiger partial charge on any atom is 0.126 e. The highest BCUT2D eigenvalue weighted by Gasteiger charge is 2.35. The maximum absolute atomic E-state index is 14.5. The molecule has 4 heteroatoms. The van der Waals surface area contributed by atoms with Crippen molar-refractivity contribution in [2.45, 2.75) is 59.0 Å². The van der Waals surface area contributed by atoms with Crippen LogP contribution in [0.5, 0.6) is 0 Å². The lowest BCUT2D eigenvalue weighted by atomic mass is 9.70. The quantitative estimate of drug-likeness (QED) is 0.590. The summed E-state index contributed by atoms with van der Waals surface area (Å²) in [6.07, 6.45) is 2.77. The minimum absolute atomic E-state index is 0.115. The van der Waals surface area contributed by atoms with Crippen molar-refractivity contribution in [2.75, 3.05) is 6.61 Å². The van der Waals surface area contributed by atoms with Crippen LogP contribution in [0.25, 0.3) is 11.1 Å². The van der Waals surface area contributed by atoms with Crippen LogP contribution in [0.1, 0.15) is 55.4 Å². The molecule has 2 aromatic rings. The van der Waals surface area contributed by atoms with E-state index in [4.69, 9.17) is 0 Å². The van der Waals surface area contributed by atoms with Crippen LogP contribution in [0.2, 0.25) is 0 Å². The van der Waals surface area contributed by atoms with Crippen LogP contribution in [0.15, 0.2) is 36.4 Å². The SMILES string of the molecule is CCC(CO)NC1CC(/C(=C(/C)c2ccc(F)cc2)c2cc(C)cc(F)c2C)C1. The number of rotatable bonds is 7. The van der Waals surface area contributed by atoms with Gasteiger partial charge >= 0.3 is 0 Å². The second kappa shape index (κ2) is 9.19. The van der Waals surface area contributed by atoms with E-state index in [2.05, 4.69) is 18.3 Å². The van der Waals surface area contributed by atoms with Gasteiger partial charge < -0.3 is 10.4 Å². The zero-order valence-electron chi connectivity index (χ0n) is 17.7. The smallest absolute Gasteiger partial charge is 0.126 e. The maximum atomic E-state index is 14.5. The number of halogens is 2. The number of aryl methyl sites for hydroxylation is 1. The number of aliphatic hydroxyl groups is 1. The van der Waals surface area contributed by atoms with Crippen molar-refractivity contribution in [2.24, 2.45) is 5.92 Å². The third-order valence-corrected chi connectivity index (χ3v) is 6.19. The van der Waals surface area contributed by atoms with E-state index in [0.29, 0.717) is 17.5 Å². The van der Waals surface area contributed by atoms with E-state index in [1.165, 1.54) is 12.1 Å². The Balaban J connectivity index is 1.98. The number of hydrogen-bond acceptors (Lipinski definition) is 2. The first kappa shape index (κ1) is 21.7. The number of hydrogen-bond donors (Lipinski definition) is 2. The molecule has 0 bridgehead atoms. The summed E-state index contributed by atoms with van der Waals surface area (Å²) < 4.78 is 28.0. The lowest BCUT2D eigenvalue weighted by Gasteiger charge is -2.41. The van der Waals surface area contributed by atoms with E-state index >= 15 is 0 Å². The largest absolute Gasteiger partial charge is 0.395 e. The molecular formula is C25H31F2NO. The highest BCUT2D eigenvalue weighted by atomic mass is 19.1.